The van der Waals surface area contributed by atoms with Crippen LogP contribution in [-0.4, -0.2) is 49.7 Å². The number of hydrogen-bond acceptors (Lipinski definition) is 3. The van der Waals surface area contributed by atoms with E-state index in [-0.39, 0.29) is 12.2 Å². The van der Waals surface area contributed by atoms with Gasteiger partial charge in [-0.1, -0.05) is 0 Å². The Morgan fingerprint density at radius 3 is 2.75 bits per heavy atom. The van der Waals surface area contributed by atoms with Crippen LogP contribution in [-0.2, 0) is 4.74 Å². The molecule has 0 aliphatic carbocycles. The molecule has 0 spiro atoms. The largest absolute Gasteiger partial charge is 0.445 e. The molecule has 0 saturated carbocycles. The number of likely N-dealkylation sites (N-methyl/N-ethyl adjacent to an activating group) is 1. The van der Waals surface area contributed by atoms with Crippen LogP contribution >= 0.6 is 0 Å². The third kappa shape index (κ3) is 2.37. The van der Waals surface area contributed by atoms with Gasteiger partial charge in [-0.2, -0.15) is 0 Å². The van der Waals surface area contributed by atoms with E-state index in [9.17, 15) is 4.79 Å². The summed E-state index contributed by atoms with van der Waals surface area (Å²) in [6.45, 7) is 2.84. The topological polar surface area (TPSA) is 32.8 Å². The summed E-state index contributed by atoms with van der Waals surface area (Å²) in [4.78, 5) is 14.6. The highest BCUT2D eigenvalue weighted by Gasteiger charge is 2.23. The second-order valence-electron chi connectivity index (χ2n) is 3.26. The summed E-state index contributed by atoms with van der Waals surface area (Å²) in [5.74, 6) is 0. The lowest BCUT2D eigenvalue weighted by Gasteiger charge is -2.15. The van der Waals surface area contributed by atoms with Gasteiger partial charge < -0.3 is 9.64 Å². The number of rotatable bonds is 1. The SMILES string of the molecule is CN1[CH]CC(OC(=O)N(C)C)C1. The molecule has 12 heavy (non-hydrogen) atoms. The minimum Gasteiger partial charge on any atom is -0.445 e. The fourth-order valence-corrected chi connectivity index (χ4v) is 1.10. The van der Waals surface area contributed by atoms with Crippen molar-refractivity contribution >= 4 is 6.09 Å². The summed E-state index contributed by atoms with van der Waals surface area (Å²) in [7, 11) is 5.35. The number of amides is 1. The molecule has 0 bridgehead atoms. The highest BCUT2D eigenvalue weighted by molar-refractivity contribution is 5.67. The number of carbonyl (C=O) groups excluding carboxylic acids is 1. The predicted octanol–water partition coefficient (Wildman–Crippen LogP) is 0.550. The Hall–Kier alpha value is -0.770. The lowest BCUT2D eigenvalue weighted by Crippen LogP contribution is -2.29. The molecule has 1 heterocycles. The molecule has 4 heteroatoms. The molecule has 1 amide bonds. The van der Waals surface area contributed by atoms with Crippen LogP contribution in [0.5, 0.6) is 0 Å². The van der Waals surface area contributed by atoms with E-state index in [1.165, 1.54) is 4.90 Å². The van der Waals surface area contributed by atoms with E-state index in [0.29, 0.717) is 0 Å². The number of ether oxygens (including phenoxy) is 1. The van der Waals surface area contributed by atoms with Gasteiger partial charge >= 0.3 is 6.09 Å². The monoisotopic (exact) mass is 171 g/mol. The lowest BCUT2D eigenvalue weighted by molar-refractivity contribution is 0.0792. The van der Waals surface area contributed by atoms with E-state index in [1.54, 1.807) is 14.1 Å². The minimum absolute atomic E-state index is 0.0323. The van der Waals surface area contributed by atoms with E-state index in [2.05, 4.69) is 0 Å². The van der Waals surface area contributed by atoms with Crippen molar-refractivity contribution < 1.29 is 9.53 Å². The molecule has 0 aromatic heterocycles. The first-order valence-corrected chi connectivity index (χ1v) is 4.01. The van der Waals surface area contributed by atoms with Crippen LogP contribution < -0.4 is 0 Å². The lowest BCUT2D eigenvalue weighted by atomic mass is 10.3. The van der Waals surface area contributed by atoms with Crippen molar-refractivity contribution in [1.82, 2.24) is 9.80 Å². The van der Waals surface area contributed by atoms with Crippen LogP contribution in [0, 0.1) is 6.54 Å². The second kappa shape index (κ2) is 3.76. The molecule has 4 nitrogen and oxygen atoms in total. The number of hydrogen-bond donors (Lipinski definition) is 0. The van der Waals surface area contributed by atoms with Gasteiger partial charge in [0.2, 0.25) is 0 Å². The summed E-state index contributed by atoms with van der Waals surface area (Å²) in [6, 6.07) is 0. The molecule has 1 aliphatic rings. The van der Waals surface area contributed by atoms with Gasteiger partial charge in [0.25, 0.3) is 0 Å². The molecule has 1 saturated heterocycles. The highest BCUT2D eigenvalue weighted by atomic mass is 16.6. The van der Waals surface area contributed by atoms with Crippen LogP contribution in [0.25, 0.3) is 0 Å². The zero-order chi connectivity index (χ0) is 9.14. The third-order valence-electron chi connectivity index (χ3n) is 1.80. The zero-order valence-corrected chi connectivity index (χ0v) is 7.78. The molecule has 1 fully saturated rings. The number of nitrogens with zero attached hydrogens (tertiary/aromatic N) is 2. The van der Waals surface area contributed by atoms with Crippen LogP contribution in [0.2, 0.25) is 0 Å². The number of carbonyl (C=O) groups is 1. The van der Waals surface area contributed by atoms with Gasteiger partial charge in [-0.15, -0.1) is 0 Å². The van der Waals surface area contributed by atoms with E-state index >= 15 is 0 Å². The van der Waals surface area contributed by atoms with Crippen LogP contribution in [0.15, 0.2) is 0 Å². The Bertz CT molecular complexity index is 170. The van der Waals surface area contributed by atoms with Crippen LogP contribution in [0.1, 0.15) is 6.42 Å². The van der Waals surface area contributed by atoms with E-state index in [0.717, 1.165) is 13.0 Å². The molecule has 69 valence electrons. The third-order valence-corrected chi connectivity index (χ3v) is 1.80. The van der Waals surface area contributed by atoms with Crippen LogP contribution in [0.3, 0.4) is 0 Å². The zero-order valence-electron chi connectivity index (χ0n) is 7.78. The fraction of sp³-hybridized carbons (Fsp3) is 0.750. The van der Waals surface area contributed by atoms with Gasteiger partial charge in [0.1, 0.15) is 6.10 Å². The summed E-state index contributed by atoms with van der Waals surface area (Å²) < 4.78 is 5.16. The standard InChI is InChI=1S/C8H15N2O2/c1-9(2)8(11)12-7-4-5-10(3)6-7/h5,7H,4,6H2,1-3H3. The molecular weight excluding hydrogens is 156 g/mol. The molecule has 0 aromatic rings. The summed E-state index contributed by atoms with van der Waals surface area (Å²) >= 11 is 0. The Morgan fingerprint density at radius 1 is 1.67 bits per heavy atom. The first-order chi connectivity index (χ1) is 5.59. The van der Waals surface area contributed by atoms with Crippen molar-refractivity contribution in [2.24, 2.45) is 0 Å². The van der Waals surface area contributed by atoms with Gasteiger partial charge in [-0.3, -0.25) is 4.90 Å². The fourth-order valence-electron chi connectivity index (χ4n) is 1.10. The molecule has 1 rings (SSSR count). The van der Waals surface area contributed by atoms with Gasteiger partial charge in [0.15, 0.2) is 0 Å². The summed E-state index contributed by atoms with van der Waals surface area (Å²) in [5.41, 5.74) is 0. The quantitative estimate of drug-likeness (QED) is 0.577. The Morgan fingerprint density at radius 2 is 2.33 bits per heavy atom. The molecular formula is C8H15N2O2. The molecule has 1 radical (unpaired) electrons. The maximum Gasteiger partial charge on any atom is 0.409 e. The average Bonchev–Trinajstić information content (AvgIpc) is 2.35. The smallest absolute Gasteiger partial charge is 0.409 e. The van der Waals surface area contributed by atoms with Crippen molar-refractivity contribution in [3.05, 3.63) is 6.54 Å². The summed E-state index contributed by atoms with van der Waals surface area (Å²) in [5, 5.41) is 0. The Kier molecular flexibility index (Phi) is 2.92. The normalized spacial score (nSPS) is 24.1. The van der Waals surface area contributed by atoms with Gasteiger partial charge in [-0.05, 0) is 7.05 Å². The summed E-state index contributed by atoms with van der Waals surface area (Å²) in [6.07, 6.45) is 0.601. The van der Waals surface area contributed by atoms with Gasteiger partial charge in [-0.25, -0.2) is 4.79 Å². The minimum atomic E-state index is -0.260. The number of likely N-dealkylation sites (tertiary alicyclic amines) is 1. The van der Waals surface area contributed by atoms with Crippen molar-refractivity contribution in [1.29, 1.82) is 0 Å². The van der Waals surface area contributed by atoms with Crippen molar-refractivity contribution in [3.8, 4) is 0 Å². The maximum absolute atomic E-state index is 11.1. The molecule has 1 unspecified atom stereocenters. The Labute approximate surface area is 73.1 Å². The molecule has 1 atom stereocenters. The van der Waals surface area contributed by atoms with Gasteiger partial charge in [0.05, 0.1) is 0 Å². The van der Waals surface area contributed by atoms with Crippen molar-refractivity contribution in [3.63, 3.8) is 0 Å². The van der Waals surface area contributed by atoms with Crippen LogP contribution in [0.4, 0.5) is 4.79 Å². The second-order valence-corrected chi connectivity index (χ2v) is 3.26. The predicted molar refractivity (Wildman–Crippen MR) is 45.5 cm³/mol. The first kappa shape index (κ1) is 9.32. The van der Waals surface area contributed by atoms with E-state index < -0.39 is 0 Å². The molecule has 0 aromatic carbocycles. The van der Waals surface area contributed by atoms with E-state index in [4.69, 9.17) is 4.74 Å². The average molecular weight is 171 g/mol. The first-order valence-electron chi connectivity index (χ1n) is 4.01. The van der Waals surface area contributed by atoms with E-state index in [1.807, 2.05) is 18.5 Å². The molecule has 1 aliphatic heterocycles. The Balaban J connectivity index is 2.28. The van der Waals surface area contributed by atoms with Gasteiger partial charge in [0, 0.05) is 33.6 Å². The van der Waals surface area contributed by atoms with Crippen molar-refractivity contribution in [2.45, 2.75) is 12.5 Å². The highest BCUT2D eigenvalue weighted by Crippen LogP contribution is 2.14. The maximum atomic E-state index is 11.1. The molecule has 0 N–H and O–H groups in total. The van der Waals surface area contributed by atoms with Crippen molar-refractivity contribution in [2.75, 3.05) is 27.7 Å².